The molecule has 2 aliphatic rings. The van der Waals surface area contributed by atoms with Gasteiger partial charge in [0.25, 0.3) is 0 Å². The first kappa shape index (κ1) is 28.2. The molecule has 1 heterocycles. The van der Waals surface area contributed by atoms with Crippen molar-refractivity contribution < 1.29 is 0 Å². The van der Waals surface area contributed by atoms with Crippen molar-refractivity contribution in [2.24, 2.45) is 5.92 Å². The third kappa shape index (κ3) is 4.93. The van der Waals surface area contributed by atoms with Gasteiger partial charge in [-0.15, -0.1) is 0 Å². The van der Waals surface area contributed by atoms with Crippen molar-refractivity contribution in [2.45, 2.75) is 32.6 Å². The molecule has 0 aliphatic heterocycles. The normalized spacial score (nSPS) is 16.3. The maximum absolute atomic E-state index is 5.10. The number of allylic oxidation sites excluding steroid dienone is 4. The van der Waals surface area contributed by atoms with Crippen molar-refractivity contribution in [3.05, 3.63) is 174 Å². The summed E-state index contributed by atoms with van der Waals surface area (Å²) < 4.78 is 0. The molecule has 0 N–H and O–H groups in total. The van der Waals surface area contributed by atoms with Crippen molar-refractivity contribution in [2.75, 3.05) is 0 Å². The Balaban J connectivity index is 1.19. The molecule has 1 unspecified atom stereocenters. The highest BCUT2D eigenvalue weighted by atomic mass is 14.7. The number of aromatic nitrogens is 1. The fourth-order valence-corrected chi connectivity index (χ4v) is 7.36. The van der Waals surface area contributed by atoms with Gasteiger partial charge in [-0.2, -0.15) is 0 Å². The van der Waals surface area contributed by atoms with Crippen LogP contribution in [0.15, 0.2) is 152 Å². The molecule has 0 radical (unpaired) electrons. The largest absolute Gasteiger partial charge is 0.248 e. The van der Waals surface area contributed by atoms with Gasteiger partial charge in [-0.25, -0.2) is 4.98 Å². The fraction of sp³-hybridized carbons (Fsp3) is 0.133. The van der Waals surface area contributed by atoms with E-state index >= 15 is 0 Å². The predicted octanol–water partition coefficient (Wildman–Crippen LogP) is 11.9. The number of rotatable bonds is 5. The molecule has 6 aromatic rings. The third-order valence-electron chi connectivity index (χ3n) is 9.94. The van der Waals surface area contributed by atoms with Crippen LogP contribution in [0.4, 0.5) is 0 Å². The quantitative estimate of drug-likeness (QED) is 0.194. The highest BCUT2D eigenvalue weighted by Crippen LogP contribution is 2.49. The molecular formula is C45H37N. The van der Waals surface area contributed by atoms with Crippen LogP contribution in [0.25, 0.3) is 55.9 Å². The van der Waals surface area contributed by atoms with E-state index < -0.39 is 0 Å². The fourth-order valence-electron chi connectivity index (χ4n) is 7.36. The van der Waals surface area contributed by atoms with Gasteiger partial charge in [-0.05, 0) is 92.3 Å². The average Bonchev–Trinajstić information content (AvgIpc) is 3.34. The van der Waals surface area contributed by atoms with Crippen molar-refractivity contribution in [3.8, 4) is 44.8 Å². The van der Waals surface area contributed by atoms with Gasteiger partial charge in [0, 0.05) is 16.5 Å². The average molecular weight is 592 g/mol. The summed E-state index contributed by atoms with van der Waals surface area (Å²) in [5.41, 5.74) is 17.5. The number of hydrogen-bond donors (Lipinski definition) is 0. The van der Waals surface area contributed by atoms with Gasteiger partial charge in [-0.3, -0.25) is 0 Å². The minimum Gasteiger partial charge on any atom is -0.248 e. The number of nitrogens with zero attached hydrogens (tertiary/aromatic N) is 1. The van der Waals surface area contributed by atoms with E-state index in [0.29, 0.717) is 5.92 Å². The highest BCUT2D eigenvalue weighted by molar-refractivity contribution is 5.91. The van der Waals surface area contributed by atoms with Crippen LogP contribution >= 0.6 is 0 Å². The highest BCUT2D eigenvalue weighted by Gasteiger charge is 2.35. The van der Waals surface area contributed by atoms with E-state index in [0.717, 1.165) is 28.9 Å². The first-order valence-corrected chi connectivity index (χ1v) is 16.4. The van der Waals surface area contributed by atoms with E-state index in [1.165, 1.54) is 55.7 Å². The van der Waals surface area contributed by atoms with E-state index in [2.05, 4.69) is 172 Å². The Bertz CT molecular complexity index is 2090. The number of hydrogen-bond acceptors (Lipinski definition) is 1. The molecular weight excluding hydrogens is 555 g/mol. The third-order valence-corrected chi connectivity index (χ3v) is 9.94. The second-order valence-electron chi connectivity index (χ2n) is 13.3. The second-order valence-corrected chi connectivity index (χ2v) is 13.3. The molecule has 1 heteroatoms. The summed E-state index contributed by atoms with van der Waals surface area (Å²) >= 11 is 0. The van der Waals surface area contributed by atoms with E-state index in [1.54, 1.807) is 0 Å². The van der Waals surface area contributed by atoms with Crippen LogP contribution in [-0.4, -0.2) is 4.98 Å². The molecule has 0 spiro atoms. The second kappa shape index (κ2) is 11.3. The van der Waals surface area contributed by atoms with E-state index in [1.807, 2.05) is 0 Å². The SMILES string of the molecule is CC1CC=C(c2ccc3c(c2)-c2ccccc2C3(C)C)C=C1c1cccc(-c2cc(-c3ccccc3)nc(-c3ccccc3)c2)c1. The van der Waals surface area contributed by atoms with Gasteiger partial charge in [0.1, 0.15) is 0 Å². The molecule has 8 rings (SSSR count). The maximum atomic E-state index is 5.10. The van der Waals surface area contributed by atoms with Crippen molar-refractivity contribution in [1.82, 2.24) is 4.98 Å². The number of benzene rings is 5. The van der Waals surface area contributed by atoms with Crippen LogP contribution in [0.1, 0.15) is 49.4 Å². The van der Waals surface area contributed by atoms with Crippen LogP contribution in [-0.2, 0) is 5.41 Å². The topological polar surface area (TPSA) is 12.9 Å². The zero-order chi connectivity index (χ0) is 31.3. The van der Waals surface area contributed by atoms with Crippen LogP contribution < -0.4 is 0 Å². The van der Waals surface area contributed by atoms with Crippen LogP contribution in [0, 0.1) is 5.92 Å². The number of fused-ring (bicyclic) bond motifs is 3. The Labute approximate surface area is 272 Å². The zero-order valence-corrected chi connectivity index (χ0v) is 26.7. The lowest BCUT2D eigenvalue weighted by Crippen LogP contribution is -2.14. The predicted molar refractivity (Wildman–Crippen MR) is 194 cm³/mol. The van der Waals surface area contributed by atoms with E-state index in [9.17, 15) is 0 Å². The molecule has 5 aromatic carbocycles. The minimum atomic E-state index is 0.0229. The first-order chi connectivity index (χ1) is 22.5. The number of pyridine rings is 1. The molecule has 2 aliphatic carbocycles. The summed E-state index contributed by atoms with van der Waals surface area (Å²) in [6.45, 7) is 7.04. The molecule has 1 nitrogen and oxygen atoms in total. The van der Waals surface area contributed by atoms with Gasteiger partial charge in [0.05, 0.1) is 11.4 Å². The summed E-state index contributed by atoms with van der Waals surface area (Å²) in [6.07, 6.45) is 5.88. The van der Waals surface area contributed by atoms with Crippen molar-refractivity contribution in [1.29, 1.82) is 0 Å². The zero-order valence-electron chi connectivity index (χ0n) is 26.7. The molecule has 0 bridgehead atoms. The molecule has 1 aromatic heterocycles. The standard InChI is InChI=1S/C45H37N/c1-30-21-22-34(35-23-24-42-40(27-35)38-19-10-11-20-41(38)45(42,2)3)26-39(30)36-18-12-17-33(25-36)37-28-43(31-13-6-4-7-14-31)46-44(29-37)32-15-8-5-9-16-32/h4-20,22-30H,21H2,1-3H3. The van der Waals surface area contributed by atoms with Gasteiger partial charge in [-0.1, -0.05) is 148 Å². The Morgan fingerprint density at radius 1 is 0.522 bits per heavy atom. The van der Waals surface area contributed by atoms with Gasteiger partial charge in [0.15, 0.2) is 0 Å². The summed E-state index contributed by atoms with van der Waals surface area (Å²) in [5, 5.41) is 0. The summed E-state index contributed by atoms with van der Waals surface area (Å²) in [6, 6.07) is 50.5. The molecule has 1 atom stereocenters. The van der Waals surface area contributed by atoms with Crippen LogP contribution in [0.2, 0.25) is 0 Å². The van der Waals surface area contributed by atoms with Gasteiger partial charge >= 0.3 is 0 Å². The lowest BCUT2D eigenvalue weighted by Gasteiger charge is -2.23. The lowest BCUT2D eigenvalue weighted by atomic mass is 9.81. The Kier molecular flexibility index (Phi) is 6.91. The summed E-state index contributed by atoms with van der Waals surface area (Å²) in [4.78, 5) is 5.10. The van der Waals surface area contributed by atoms with Crippen molar-refractivity contribution in [3.63, 3.8) is 0 Å². The van der Waals surface area contributed by atoms with E-state index in [4.69, 9.17) is 4.98 Å². The first-order valence-electron chi connectivity index (χ1n) is 16.4. The van der Waals surface area contributed by atoms with Gasteiger partial charge in [0.2, 0.25) is 0 Å². The minimum absolute atomic E-state index is 0.0229. The lowest BCUT2D eigenvalue weighted by molar-refractivity contribution is 0.660. The summed E-state index contributed by atoms with van der Waals surface area (Å²) in [5.74, 6) is 0.435. The monoisotopic (exact) mass is 591 g/mol. The molecule has 46 heavy (non-hydrogen) atoms. The smallest absolute Gasteiger partial charge is 0.0715 e. The molecule has 0 fully saturated rings. The summed E-state index contributed by atoms with van der Waals surface area (Å²) in [7, 11) is 0. The Hall–Kier alpha value is -5.27. The van der Waals surface area contributed by atoms with E-state index in [-0.39, 0.29) is 5.41 Å². The van der Waals surface area contributed by atoms with Crippen LogP contribution in [0.5, 0.6) is 0 Å². The van der Waals surface area contributed by atoms with Crippen molar-refractivity contribution >= 4 is 11.1 Å². The molecule has 0 saturated heterocycles. The molecule has 0 amide bonds. The molecule has 222 valence electrons. The van der Waals surface area contributed by atoms with Crippen LogP contribution in [0.3, 0.4) is 0 Å². The van der Waals surface area contributed by atoms with Gasteiger partial charge < -0.3 is 0 Å². The Morgan fingerprint density at radius 2 is 1.13 bits per heavy atom. The molecule has 0 saturated carbocycles. The Morgan fingerprint density at radius 3 is 1.85 bits per heavy atom. The maximum Gasteiger partial charge on any atom is 0.0715 e.